The van der Waals surface area contributed by atoms with Crippen molar-refractivity contribution in [3.8, 4) is 6.07 Å². The van der Waals surface area contributed by atoms with Crippen LogP contribution in [0.15, 0.2) is 0 Å². The van der Waals surface area contributed by atoms with E-state index < -0.39 is 0 Å². The molecule has 0 saturated carbocycles. The fraction of sp³-hybridized carbons (Fsp3) is 0.800. The highest BCUT2D eigenvalue weighted by atomic mass is 16.2. The maximum absolute atomic E-state index is 11.8. The molecule has 0 aliphatic carbocycles. The topological polar surface area (TPSA) is 47.3 Å². The predicted molar refractivity (Wildman–Crippen MR) is 53.5 cm³/mol. The molecule has 1 rings (SSSR count). The molecule has 0 aromatic heterocycles. The Morgan fingerprint density at radius 3 is 2.79 bits per heavy atom. The molecule has 1 amide bonds. The van der Waals surface area contributed by atoms with Crippen LogP contribution >= 0.6 is 0 Å². The number of nitriles is 1. The van der Waals surface area contributed by atoms with Gasteiger partial charge in [-0.25, -0.2) is 0 Å². The summed E-state index contributed by atoms with van der Waals surface area (Å²) in [7, 11) is 1.91. The van der Waals surface area contributed by atoms with E-state index in [9.17, 15) is 4.79 Å². The number of carbonyl (C=O) groups is 1. The molecule has 78 valence electrons. The van der Waals surface area contributed by atoms with Crippen LogP contribution in [0.4, 0.5) is 0 Å². The molecule has 2 atom stereocenters. The van der Waals surface area contributed by atoms with Gasteiger partial charge in [-0.05, 0) is 20.9 Å². The van der Waals surface area contributed by atoms with E-state index >= 15 is 0 Å². The minimum Gasteiger partial charge on any atom is -0.340 e. The second kappa shape index (κ2) is 4.43. The first-order valence-electron chi connectivity index (χ1n) is 4.99. The van der Waals surface area contributed by atoms with Crippen molar-refractivity contribution in [1.82, 2.24) is 9.80 Å². The Balaban J connectivity index is 2.79. The molecular weight excluding hydrogens is 178 g/mol. The molecule has 0 aromatic carbocycles. The molecule has 4 nitrogen and oxygen atoms in total. The molecule has 0 radical (unpaired) electrons. The van der Waals surface area contributed by atoms with Crippen LogP contribution in [0.2, 0.25) is 0 Å². The van der Waals surface area contributed by atoms with Gasteiger partial charge in [0, 0.05) is 19.1 Å². The summed E-state index contributed by atoms with van der Waals surface area (Å²) in [5.74, 6) is 0.0923. The van der Waals surface area contributed by atoms with Gasteiger partial charge in [0.15, 0.2) is 0 Å². The van der Waals surface area contributed by atoms with E-state index in [0.29, 0.717) is 6.04 Å². The van der Waals surface area contributed by atoms with Crippen LogP contribution in [-0.2, 0) is 4.79 Å². The lowest BCUT2D eigenvalue weighted by Crippen LogP contribution is -2.59. The Morgan fingerprint density at radius 2 is 2.29 bits per heavy atom. The van der Waals surface area contributed by atoms with Crippen molar-refractivity contribution in [3.63, 3.8) is 0 Å². The van der Waals surface area contributed by atoms with E-state index in [1.165, 1.54) is 0 Å². The molecule has 0 aromatic rings. The number of carbonyl (C=O) groups excluding carboxylic acids is 1. The first-order valence-corrected chi connectivity index (χ1v) is 4.99. The highest BCUT2D eigenvalue weighted by Crippen LogP contribution is 2.16. The van der Waals surface area contributed by atoms with Gasteiger partial charge in [-0.15, -0.1) is 0 Å². The van der Waals surface area contributed by atoms with Crippen LogP contribution in [-0.4, -0.2) is 47.9 Å². The van der Waals surface area contributed by atoms with E-state index in [2.05, 4.69) is 13.0 Å². The molecule has 1 fully saturated rings. The normalized spacial score (nSPS) is 29.0. The third-order valence-electron chi connectivity index (χ3n) is 2.93. The average molecular weight is 195 g/mol. The molecule has 0 N–H and O–H groups in total. The van der Waals surface area contributed by atoms with E-state index in [0.717, 1.165) is 13.1 Å². The van der Waals surface area contributed by atoms with Gasteiger partial charge in [0.1, 0.15) is 6.04 Å². The second-order valence-electron chi connectivity index (χ2n) is 3.77. The van der Waals surface area contributed by atoms with Gasteiger partial charge in [0.05, 0.1) is 12.5 Å². The van der Waals surface area contributed by atoms with Crippen LogP contribution in [0.25, 0.3) is 0 Å². The first kappa shape index (κ1) is 11.0. The Bertz CT molecular complexity index is 259. The highest BCUT2D eigenvalue weighted by molar-refractivity contribution is 5.83. The Morgan fingerprint density at radius 1 is 1.64 bits per heavy atom. The summed E-state index contributed by atoms with van der Waals surface area (Å²) in [5.41, 5.74) is 0. The standard InChI is InChI=1S/C10H17N3O/c1-4-13-7-8(2)12(3)9(5-6-11)10(13)14/h8-9H,4-5,7H2,1-3H3. The van der Waals surface area contributed by atoms with Gasteiger partial charge in [0.25, 0.3) is 0 Å². The molecule has 0 bridgehead atoms. The summed E-state index contributed by atoms with van der Waals surface area (Å²) in [5, 5.41) is 8.65. The van der Waals surface area contributed by atoms with Crippen LogP contribution in [0.1, 0.15) is 20.3 Å². The third kappa shape index (κ3) is 1.88. The van der Waals surface area contributed by atoms with Crippen molar-refractivity contribution in [2.75, 3.05) is 20.1 Å². The van der Waals surface area contributed by atoms with Crippen LogP contribution < -0.4 is 0 Å². The van der Waals surface area contributed by atoms with Gasteiger partial charge in [-0.1, -0.05) is 0 Å². The molecule has 0 spiro atoms. The predicted octanol–water partition coefficient (Wildman–Crippen LogP) is 0.451. The molecule has 1 aliphatic heterocycles. The summed E-state index contributed by atoms with van der Waals surface area (Å²) in [6.07, 6.45) is 0.288. The van der Waals surface area contributed by atoms with Gasteiger partial charge in [-0.3, -0.25) is 9.69 Å². The molecule has 1 heterocycles. The van der Waals surface area contributed by atoms with E-state index in [-0.39, 0.29) is 18.4 Å². The van der Waals surface area contributed by atoms with Crippen molar-refractivity contribution < 1.29 is 4.79 Å². The number of piperazine rings is 1. The van der Waals surface area contributed by atoms with Crippen molar-refractivity contribution in [2.24, 2.45) is 0 Å². The average Bonchev–Trinajstić information content (AvgIpc) is 2.18. The first-order chi connectivity index (χ1) is 6.61. The minimum absolute atomic E-state index is 0.0923. The largest absolute Gasteiger partial charge is 0.340 e. The summed E-state index contributed by atoms with van der Waals surface area (Å²) in [6.45, 7) is 5.56. The number of rotatable bonds is 2. The summed E-state index contributed by atoms with van der Waals surface area (Å²) in [6, 6.07) is 2.17. The van der Waals surface area contributed by atoms with Gasteiger partial charge in [0.2, 0.25) is 5.91 Å². The van der Waals surface area contributed by atoms with E-state index in [1.54, 1.807) is 0 Å². The van der Waals surface area contributed by atoms with Crippen molar-refractivity contribution in [2.45, 2.75) is 32.4 Å². The number of nitrogens with zero attached hydrogens (tertiary/aromatic N) is 3. The van der Waals surface area contributed by atoms with Crippen molar-refractivity contribution >= 4 is 5.91 Å². The van der Waals surface area contributed by atoms with Crippen LogP contribution in [0.3, 0.4) is 0 Å². The smallest absolute Gasteiger partial charge is 0.241 e. The molecule has 4 heteroatoms. The lowest BCUT2D eigenvalue weighted by molar-refractivity contribution is -0.142. The van der Waals surface area contributed by atoms with Gasteiger partial charge >= 0.3 is 0 Å². The van der Waals surface area contributed by atoms with Gasteiger partial charge < -0.3 is 4.90 Å². The van der Waals surface area contributed by atoms with Crippen molar-refractivity contribution in [1.29, 1.82) is 5.26 Å². The SMILES string of the molecule is CCN1CC(C)N(C)C(CC#N)C1=O. The molecule has 14 heavy (non-hydrogen) atoms. The zero-order chi connectivity index (χ0) is 10.7. The van der Waals surface area contributed by atoms with E-state index in [1.807, 2.05) is 23.8 Å². The van der Waals surface area contributed by atoms with Crippen LogP contribution in [0.5, 0.6) is 0 Å². The van der Waals surface area contributed by atoms with Crippen molar-refractivity contribution in [3.05, 3.63) is 0 Å². The Hall–Kier alpha value is -1.08. The monoisotopic (exact) mass is 195 g/mol. The highest BCUT2D eigenvalue weighted by Gasteiger charge is 2.35. The van der Waals surface area contributed by atoms with Gasteiger partial charge in [-0.2, -0.15) is 5.26 Å². The van der Waals surface area contributed by atoms with E-state index in [4.69, 9.17) is 5.26 Å². The summed E-state index contributed by atoms with van der Waals surface area (Å²) < 4.78 is 0. The molecule has 1 aliphatic rings. The summed E-state index contributed by atoms with van der Waals surface area (Å²) >= 11 is 0. The lowest BCUT2D eigenvalue weighted by atomic mass is 10.0. The second-order valence-corrected chi connectivity index (χ2v) is 3.77. The quantitative estimate of drug-likeness (QED) is 0.642. The number of likely N-dealkylation sites (N-methyl/N-ethyl adjacent to an activating group) is 2. The molecular formula is C10H17N3O. The maximum atomic E-state index is 11.8. The molecule has 1 saturated heterocycles. The molecule has 2 unspecified atom stereocenters. The third-order valence-corrected chi connectivity index (χ3v) is 2.93. The number of hydrogen-bond donors (Lipinski definition) is 0. The Labute approximate surface area is 85.1 Å². The maximum Gasteiger partial charge on any atom is 0.241 e. The fourth-order valence-electron chi connectivity index (χ4n) is 1.83. The minimum atomic E-state index is -0.247. The van der Waals surface area contributed by atoms with Crippen LogP contribution in [0, 0.1) is 11.3 Å². The summed E-state index contributed by atoms with van der Waals surface area (Å²) in [4.78, 5) is 15.7. The fourth-order valence-corrected chi connectivity index (χ4v) is 1.83. The number of hydrogen-bond acceptors (Lipinski definition) is 3. The zero-order valence-corrected chi connectivity index (χ0v) is 9.03. The lowest BCUT2D eigenvalue weighted by Gasteiger charge is -2.41. The Kier molecular flexibility index (Phi) is 3.48. The number of amides is 1. The zero-order valence-electron chi connectivity index (χ0n) is 9.03.